The van der Waals surface area contributed by atoms with E-state index < -0.39 is 5.82 Å². The number of halogens is 4. The second kappa shape index (κ2) is 8.43. The van der Waals surface area contributed by atoms with Crippen molar-refractivity contribution in [3.05, 3.63) is 93.4 Å². The van der Waals surface area contributed by atoms with Crippen LogP contribution in [0.3, 0.4) is 0 Å². The van der Waals surface area contributed by atoms with Gasteiger partial charge in [0.1, 0.15) is 22.9 Å². The fraction of sp³-hybridized carbons (Fsp3) is 0. The van der Waals surface area contributed by atoms with Crippen LogP contribution in [0.15, 0.2) is 80.6 Å². The van der Waals surface area contributed by atoms with Crippen LogP contribution >= 0.6 is 34.8 Å². The molecule has 0 bridgehead atoms. The Labute approximate surface area is 196 Å². The van der Waals surface area contributed by atoms with Gasteiger partial charge >= 0.3 is 0 Å². The van der Waals surface area contributed by atoms with E-state index in [0.29, 0.717) is 55.4 Å². The lowest BCUT2D eigenvalue weighted by atomic mass is 10.2. The van der Waals surface area contributed by atoms with Crippen LogP contribution in [-0.4, -0.2) is 11.2 Å². The molecule has 2 heterocycles. The number of aromatic nitrogens is 1. The molecule has 0 spiro atoms. The first-order valence-electron chi connectivity index (χ1n) is 9.41. The monoisotopic (exact) mass is 484 g/mol. The van der Waals surface area contributed by atoms with Gasteiger partial charge in [-0.3, -0.25) is 4.99 Å². The summed E-state index contributed by atoms with van der Waals surface area (Å²) in [5.41, 5.74) is 3.25. The molecule has 0 aliphatic rings. The smallest absolute Gasteiger partial charge is 0.228 e. The second-order valence-electron chi connectivity index (χ2n) is 6.88. The summed E-state index contributed by atoms with van der Waals surface area (Å²) in [6, 6.07) is 18.5. The molecule has 5 aromatic rings. The van der Waals surface area contributed by atoms with E-state index in [9.17, 15) is 4.39 Å². The van der Waals surface area contributed by atoms with Gasteiger partial charge < -0.3 is 8.83 Å². The highest BCUT2D eigenvalue weighted by Crippen LogP contribution is 2.33. The zero-order chi connectivity index (χ0) is 22.2. The highest BCUT2D eigenvalue weighted by Gasteiger charge is 2.12. The molecular weight excluding hydrogens is 474 g/mol. The summed E-state index contributed by atoms with van der Waals surface area (Å²) in [7, 11) is 0. The van der Waals surface area contributed by atoms with Crippen LogP contribution in [0, 0.1) is 5.82 Å². The van der Waals surface area contributed by atoms with Crippen LogP contribution in [-0.2, 0) is 0 Å². The van der Waals surface area contributed by atoms with Gasteiger partial charge in [0.25, 0.3) is 0 Å². The maximum absolute atomic E-state index is 13.4. The predicted molar refractivity (Wildman–Crippen MR) is 126 cm³/mol. The van der Waals surface area contributed by atoms with E-state index in [-0.39, 0.29) is 5.02 Å². The number of rotatable bonds is 4. The summed E-state index contributed by atoms with van der Waals surface area (Å²) < 4.78 is 25.0. The lowest BCUT2D eigenvalue weighted by Gasteiger charge is -1.98. The Kier molecular flexibility index (Phi) is 5.47. The van der Waals surface area contributed by atoms with Crippen molar-refractivity contribution in [3.63, 3.8) is 0 Å². The minimum atomic E-state index is -0.478. The van der Waals surface area contributed by atoms with Crippen molar-refractivity contribution >= 4 is 57.8 Å². The standard InChI is InChI=1S/C24H12Cl3FN2O2/c25-14-2-5-17(18(26)10-14)24-30-21-11-15(3-7-23(21)32-24)29-12-16-4-8-22(31-16)13-1-6-20(28)19(27)9-13/h1-12H. The molecule has 0 aliphatic carbocycles. The summed E-state index contributed by atoms with van der Waals surface area (Å²) >= 11 is 18.1. The average molecular weight is 486 g/mol. The summed E-state index contributed by atoms with van der Waals surface area (Å²) in [6.07, 6.45) is 1.59. The van der Waals surface area contributed by atoms with Crippen molar-refractivity contribution in [1.29, 1.82) is 0 Å². The van der Waals surface area contributed by atoms with E-state index in [1.807, 2.05) is 0 Å². The molecule has 4 nitrogen and oxygen atoms in total. The van der Waals surface area contributed by atoms with E-state index in [1.54, 1.807) is 60.8 Å². The molecule has 0 amide bonds. The van der Waals surface area contributed by atoms with Gasteiger partial charge in [-0.2, -0.15) is 0 Å². The molecule has 0 aliphatic heterocycles. The molecule has 0 fully saturated rings. The number of furan rings is 1. The van der Waals surface area contributed by atoms with Crippen molar-refractivity contribution in [3.8, 4) is 22.8 Å². The van der Waals surface area contributed by atoms with Gasteiger partial charge in [-0.05, 0) is 66.7 Å². The van der Waals surface area contributed by atoms with Crippen molar-refractivity contribution in [1.82, 2.24) is 4.98 Å². The molecule has 3 aromatic carbocycles. The van der Waals surface area contributed by atoms with Crippen molar-refractivity contribution < 1.29 is 13.2 Å². The highest BCUT2D eigenvalue weighted by molar-refractivity contribution is 6.36. The number of hydrogen-bond acceptors (Lipinski definition) is 4. The average Bonchev–Trinajstić information content (AvgIpc) is 3.41. The first kappa shape index (κ1) is 20.8. The molecule has 0 atom stereocenters. The van der Waals surface area contributed by atoms with Gasteiger partial charge in [-0.25, -0.2) is 9.37 Å². The number of nitrogens with zero attached hydrogens (tertiary/aromatic N) is 2. The lowest BCUT2D eigenvalue weighted by Crippen LogP contribution is -1.79. The second-order valence-corrected chi connectivity index (χ2v) is 8.14. The molecular formula is C24H12Cl3FN2O2. The zero-order valence-corrected chi connectivity index (χ0v) is 18.4. The van der Waals surface area contributed by atoms with Gasteiger partial charge in [0.2, 0.25) is 5.89 Å². The number of hydrogen-bond donors (Lipinski definition) is 0. The normalized spacial score (nSPS) is 11.6. The fourth-order valence-corrected chi connectivity index (χ4v) is 3.81. The molecule has 0 N–H and O–H groups in total. The Bertz CT molecular complexity index is 1490. The molecule has 0 saturated heterocycles. The molecule has 2 aromatic heterocycles. The lowest BCUT2D eigenvalue weighted by molar-refractivity contribution is 0.574. The maximum atomic E-state index is 13.4. The Hall–Kier alpha value is -3.12. The van der Waals surface area contributed by atoms with E-state index in [4.69, 9.17) is 43.6 Å². The topological polar surface area (TPSA) is 51.5 Å². The molecule has 0 saturated carbocycles. The van der Waals surface area contributed by atoms with Crippen molar-refractivity contribution in [2.45, 2.75) is 0 Å². The Morgan fingerprint density at radius 3 is 2.53 bits per heavy atom. The van der Waals surface area contributed by atoms with Gasteiger partial charge in [-0.15, -0.1) is 0 Å². The van der Waals surface area contributed by atoms with Crippen LogP contribution in [0.25, 0.3) is 33.9 Å². The van der Waals surface area contributed by atoms with E-state index >= 15 is 0 Å². The summed E-state index contributed by atoms with van der Waals surface area (Å²) in [5.74, 6) is 1.02. The maximum Gasteiger partial charge on any atom is 0.228 e. The van der Waals surface area contributed by atoms with E-state index in [1.165, 1.54) is 12.1 Å². The highest BCUT2D eigenvalue weighted by atomic mass is 35.5. The molecule has 0 unspecified atom stereocenters. The third kappa shape index (κ3) is 4.15. The molecule has 158 valence electrons. The Morgan fingerprint density at radius 2 is 1.72 bits per heavy atom. The van der Waals surface area contributed by atoms with Crippen LogP contribution in [0.5, 0.6) is 0 Å². The first-order valence-corrected chi connectivity index (χ1v) is 10.5. The summed E-state index contributed by atoms with van der Waals surface area (Å²) in [6.45, 7) is 0. The zero-order valence-electron chi connectivity index (χ0n) is 16.2. The van der Waals surface area contributed by atoms with E-state index in [2.05, 4.69) is 9.98 Å². The van der Waals surface area contributed by atoms with E-state index in [0.717, 1.165) is 0 Å². The largest absolute Gasteiger partial charge is 0.455 e. The molecule has 8 heteroatoms. The molecule has 5 rings (SSSR count). The molecule has 0 radical (unpaired) electrons. The van der Waals surface area contributed by atoms with Gasteiger partial charge in [0.05, 0.1) is 27.5 Å². The number of oxazole rings is 1. The Balaban J connectivity index is 1.39. The number of benzene rings is 3. The summed E-state index contributed by atoms with van der Waals surface area (Å²) in [5, 5.41) is 1.03. The summed E-state index contributed by atoms with van der Waals surface area (Å²) in [4.78, 5) is 8.96. The predicted octanol–water partition coefficient (Wildman–Crippen LogP) is 8.60. The van der Waals surface area contributed by atoms with Gasteiger partial charge in [-0.1, -0.05) is 34.8 Å². The van der Waals surface area contributed by atoms with Crippen LogP contribution in [0.4, 0.5) is 10.1 Å². The van der Waals surface area contributed by atoms with Gasteiger partial charge in [0, 0.05) is 10.6 Å². The van der Waals surface area contributed by atoms with Crippen LogP contribution in [0.1, 0.15) is 5.76 Å². The van der Waals surface area contributed by atoms with Crippen LogP contribution in [0.2, 0.25) is 15.1 Å². The van der Waals surface area contributed by atoms with Crippen molar-refractivity contribution in [2.24, 2.45) is 4.99 Å². The molecule has 32 heavy (non-hydrogen) atoms. The Morgan fingerprint density at radius 1 is 0.844 bits per heavy atom. The SMILES string of the molecule is Fc1ccc(-c2ccc(C=Nc3ccc4oc(-c5ccc(Cl)cc5Cl)nc4c3)o2)cc1Cl. The first-order chi connectivity index (χ1) is 15.5. The third-order valence-electron chi connectivity index (χ3n) is 4.70. The minimum Gasteiger partial charge on any atom is -0.455 e. The minimum absolute atomic E-state index is 0.0364. The van der Waals surface area contributed by atoms with Crippen molar-refractivity contribution in [2.75, 3.05) is 0 Å². The number of aliphatic imine (C=N–C) groups is 1. The fourth-order valence-electron chi connectivity index (χ4n) is 3.14. The number of fused-ring (bicyclic) bond motifs is 1. The quantitative estimate of drug-likeness (QED) is 0.239. The van der Waals surface area contributed by atoms with Gasteiger partial charge in [0.15, 0.2) is 5.58 Å². The van der Waals surface area contributed by atoms with Crippen LogP contribution < -0.4 is 0 Å². The third-order valence-corrected chi connectivity index (χ3v) is 5.54.